The van der Waals surface area contributed by atoms with Crippen molar-refractivity contribution >= 4 is 11.8 Å². The molecule has 88 valence electrons. The van der Waals surface area contributed by atoms with Gasteiger partial charge in [0.2, 0.25) is 0 Å². The first-order chi connectivity index (χ1) is 8.22. The molecule has 0 aliphatic carbocycles. The van der Waals surface area contributed by atoms with E-state index in [2.05, 4.69) is 11.1 Å². The first-order valence-corrected chi connectivity index (χ1v) is 5.62. The summed E-state index contributed by atoms with van der Waals surface area (Å²) in [5, 5.41) is 17.9. The van der Waals surface area contributed by atoms with E-state index >= 15 is 0 Å². The minimum absolute atomic E-state index is 0.00965. The number of hydrogen-bond acceptors (Lipinski definition) is 4. The molecular formula is C12H13N3O2. The fraction of sp³-hybridized carbons (Fsp3) is 0.417. The van der Waals surface area contributed by atoms with Gasteiger partial charge in [-0.05, 0) is 31.4 Å². The van der Waals surface area contributed by atoms with Crippen molar-refractivity contribution in [2.75, 3.05) is 18.0 Å². The van der Waals surface area contributed by atoms with Crippen LogP contribution in [0.1, 0.15) is 35.3 Å². The second-order valence-corrected chi connectivity index (χ2v) is 4.03. The van der Waals surface area contributed by atoms with Crippen LogP contribution in [0.2, 0.25) is 0 Å². The van der Waals surface area contributed by atoms with Crippen molar-refractivity contribution < 1.29 is 9.90 Å². The number of piperidine rings is 1. The number of carboxylic acid groups (broad SMARTS) is 1. The van der Waals surface area contributed by atoms with Gasteiger partial charge < -0.3 is 10.0 Å². The molecule has 0 atom stereocenters. The third-order valence-electron chi connectivity index (χ3n) is 2.87. The van der Waals surface area contributed by atoms with Crippen molar-refractivity contribution in [3.8, 4) is 6.07 Å². The summed E-state index contributed by atoms with van der Waals surface area (Å²) in [6.07, 6.45) is 3.30. The molecule has 5 nitrogen and oxygen atoms in total. The van der Waals surface area contributed by atoms with Gasteiger partial charge in [0.05, 0.1) is 5.56 Å². The zero-order valence-electron chi connectivity index (χ0n) is 9.39. The van der Waals surface area contributed by atoms with E-state index in [0.717, 1.165) is 25.9 Å². The summed E-state index contributed by atoms with van der Waals surface area (Å²) in [6, 6.07) is 4.96. The molecule has 1 aromatic heterocycles. The second kappa shape index (κ2) is 4.83. The molecule has 0 amide bonds. The highest BCUT2D eigenvalue weighted by atomic mass is 16.4. The average molecular weight is 231 g/mol. The summed E-state index contributed by atoms with van der Waals surface area (Å²) >= 11 is 0. The van der Waals surface area contributed by atoms with Crippen molar-refractivity contribution in [3.05, 3.63) is 23.4 Å². The lowest BCUT2D eigenvalue weighted by molar-refractivity contribution is 0.0690. The van der Waals surface area contributed by atoms with E-state index in [1.165, 1.54) is 18.6 Å². The molecule has 1 saturated heterocycles. The van der Waals surface area contributed by atoms with Crippen LogP contribution in [-0.4, -0.2) is 29.1 Å². The number of aromatic nitrogens is 1. The number of rotatable bonds is 2. The Labute approximate surface area is 99.3 Å². The Balaban J connectivity index is 2.38. The topological polar surface area (TPSA) is 77.2 Å². The summed E-state index contributed by atoms with van der Waals surface area (Å²) in [5.74, 6) is -0.556. The van der Waals surface area contributed by atoms with Crippen LogP contribution in [0.3, 0.4) is 0 Å². The molecule has 1 aliphatic rings. The van der Waals surface area contributed by atoms with Crippen molar-refractivity contribution in [2.45, 2.75) is 19.3 Å². The predicted octanol–water partition coefficient (Wildman–Crippen LogP) is 1.64. The quantitative estimate of drug-likeness (QED) is 0.837. The summed E-state index contributed by atoms with van der Waals surface area (Å²) in [7, 11) is 0. The maximum absolute atomic E-state index is 10.9. The van der Waals surface area contributed by atoms with Gasteiger partial charge in [0.25, 0.3) is 0 Å². The van der Waals surface area contributed by atoms with E-state index in [0.29, 0.717) is 11.4 Å². The number of carboxylic acids is 1. The van der Waals surface area contributed by atoms with Gasteiger partial charge in [-0.3, -0.25) is 0 Å². The number of aromatic carboxylic acids is 1. The van der Waals surface area contributed by atoms with Crippen molar-refractivity contribution in [1.29, 1.82) is 5.26 Å². The molecule has 2 rings (SSSR count). The fourth-order valence-electron chi connectivity index (χ4n) is 2.00. The monoisotopic (exact) mass is 231 g/mol. The largest absolute Gasteiger partial charge is 0.477 e. The Hall–Kier alpha value is -2.09. The Bertz CT molecular complexity index is 473. The van der Waals surface area contributed by atoms with Crippen LogP contribution in [0.25, 0.3) is 0 Å². The molecule has 0 aromatic carbocycles. The first kappa shape index (κ1) is 11.4. The highest BCUT2D eigenvalue weighted by Gasteiger charge is 2.18. The van der Waals surface area contributed by atoms with Crippen LogP contribution in [0.4, 0.5) is 5.82 Å². The smallest absolute Gasteiger partial charge is 0.354 e. The van der Waals surface area contributed by atoms with Crippen molar-refractivity contribution in [2.24, 2.45) is 0 Å². The SMILES string of the molecule is N#Cc1ccc(C(=O)O)nc1N1CCCCC1. The van der Waals surface area contributed by atoms with Gasteiger partial charge in [-0.1, -0.05) is 0 Å². The number of pyridine rings is 1. The number of anilines is 1. The molecule has 0 unspecified atom stereocenters. The highest BCUT2D eigenvalue weighted by Crippen LogP contribution is 2.22. The van der Waals surface area contributed by atoms with Gasteiger partial charge in [-0.25, -0.2) is 9.78 Å². The van der Waals surface area contributed by atoms with Gasteiger partial charge in [-0.2, -0.15) is 5.26 Å². The lowest BCUT2D eigenvalue weighted by Crippen LogP contribution is -2.31. The molecular weight excluding hydrogens is 218 g/mol. The van der Waals surface area contributed by atoms with E-state index in [1.807, 2.05) is 4.90 Å². The molecule has 0 bridgehead atoms. The van der Waals surface area contributed by atoms with Crippen LogP contribution in [-0.2, 0) is 0 Å². The van der Waals surface area contributed by atoms with Crippen molar-refractivity contribution in [1.82, 2.24) is 4.98 Å². The normalized spacial score (nSPS) is 15.4. The standard InChI is InChI=1S/C12H13N3O2/c13-8-9-4-5-10(12(16)17)14-11(9)15-6-2-1-3-7-15/h4-5H,1-3,6-7H2,(H,16,17). The van der Waals surface area contributed by atoms with E-state index in [-0.39, 0.29) is 5.69 Å². The Morgan fingerprint density at radius 1 is 1.35 bits per heavy atom. The Morgan fingerprint density at radius 3 is 2.65 bits per heavy atom. The molecule has 0 radical (unpaired) electrons. The third kappa shape index (κ3) is 2.36. The molecule has 5 heteroatoms. The molecule has 2 heterocycles. The van der Waals surface area contributed by atoms with E-state index < -0.39 is 5.97 Å². The van der Waals surface area contributed by atoms with E-state index in [1.54, 1.807) is 0 Å². The zero-order valence-corrected chi connectivity index (χ0v) is 9.39. The van der Waals surface area contributed by atoms with Gasteiger partial charge in [0, 0.05) is 13.1 Å². The maximum atomic E-state index is 10.9. The predicted molar refractivity (Wildman–Crippen MR) is 62.0 cm³/mol. The molecule has 1 fully saturated rings. The van der Waals surface area contributed by atoms with Crippen LogP contribution in [0.15, 0.2) is 12.1 Å². The first-order valence-electron chi connectivity index (χ1n) is 5.62. The average Bonchev–Trinajstić information content (AvgIpc) is 2.39. The number of nitrogens with zero attached hydrogens (tertiary/aromatic N) is 3. The molecule has 1 aliphatic heterocycles. The minimum Gasteiger partial charge on any atom is -0.477 e. The minimum atomic E-state index is -1.06. The third-order valence-corrected chi connectivity index (χ3v) is 2.87. The summed E-state index contributed by atoms with van der Waals surface area (Å²) in [4.78, 5) is 16.9. The fourth-order valence-corrected chi connectivity index (χ4v) is 2.00. The lowest BCUT2D eigenvalue weighted by atomic mass is 10.1. The maximum Gasteiger partial charge on any atom is 0.354 e. The van der Waals surface area contributed by atoms with Crippen LogP contribution >= 0.6 is 0 Å². The van der Waals surface area contributed by atoms with E-state index in [9.17, 15) is 4.79 Å². The Morgan fingerprint density at radius 2 is 2.06 bits per heavy atom. The van der Waals surface area contributed by atoms with Gasteiger partial charge in [0.15, 0.2) is 5.69 Å². The zero-order chi connectivity index (χ0) is 12.3. The molecule has 1 aromatic rings. The summed E-state index contributed by atoms with van der Waals surface area (Å²) in [6.45, 7) is 1.68. The molecule has 17 heavy (non-hydrogen) atoms. The van der Waals surface area contributed by atoms with Gasteiger partial charge in [0.1, 0.15) is 11.9 Å². The molecule has 0 spiro atoms. The van der Waals surface area contributed by atoms with Crippen LogP contribution in [0.5, 0.6) is 0 Å². The lowest BCUT2D eigenvalue weighted by Gasteiger charge is -2.28. The molecule has 1 N–H and O–H groups in total. The summed E-state index contributed by atoms with van der Waals surface area (Å²) < 4.78 is 0. The number of nitriles is 1. The van der Waals surface area contributed by atoms with Gasteiger partial charge in [-0.15, -0.1) is 0 Å². The highest BCUT2D eigenvalue weighted by molar-refractivity contribution is 5.86. The second-order valence-electron chi connectivity index (χ2n) is 4.03. The van der Waals surface area contributed by atoms with Gasteiger partial charge >= 0.3 is 5.97 Å². The Kier molecular flexibility index (Phi) is 3.24. The van der Waals surface area contributed by atoms with E-state index in [4.69, 9.17) is 10.4 Å². The summed E-state index contributed by atoms with van der Waals surface area (Å²) in [5.41, 5.74) is 0.432. The molecule has 0 saturated carbocycles. The number of hydrogen-bond donors (Lipinski definition) is 1. The number of carbonyl (C=O) groups is 1. The van der Waals surface area contributed by atoms with Crippen LogP contribution in [0, 0.1) is 11.3 Å². The van der Waals surface area contributed by atoms with Crippen LogP contribution < -0.4 is 4.90 Å². The van der Waals surface area contributed by atoms with Crippen molar-refractivity contribution in [3.63, 3.8) is 0 Å².